The first-order valence-electron chi connectivity index (χ1n) is 9.57. The molecule has 0 fully saturated rings. The third-order valence-corrected chi connectivity index (χ3v) is 5.73. The maximum atomic E-state index is 14.1. The second kappa shape index (κ2) is 9.09. The molecule has 5 nitrogen and oxygen atoms in total. The lowest BCUT2D eigenvalue weighted by Crippen LogP contribution is -2.37. The molecule has 2 aromatic carbocycles. The summed E-state index contributed by atoms with van der Waals surface area (Å²) in [5.41, 5.74) is 1.94. The number of thiophene rings is 1. The largest absolute Gasteiger partial charge is 0.497 e. The van der Waals surface area contributed by atoms with E-state index < -0.39 is 0 Å². The first-order valence-corrected chi connectivity index (χ1v) is 10.5. The van der Waals surface area contributed by atoms with Crippen LogP contribution < -0.4 is 4.74 Å². The maximum Gasteiger partial charge on any atom is 0.264 e. The highest BCUT2D eigenvalue weighted by atomic mass is 32.1. The van der Waals surface area contributed by atoms with Crippen LogP contribution in [0.5, 0.6) is 5.75 Å². The SMILES string of the molecule is COc1cccc(CN(CC2CC(c3ccccc3F)=NO2)C(=O)c2cccs2)c1. The maximum absolute atomic E-state index is 14.1. The van der Waals surface area contributed by atoms with Gasteiger partial charge in [-0.25, -0.2) is 4.39 Å². The summed E-state index contributed by atoms with van der Waals surface area (Å²) in [6, 6.07) is 17.8. The zero-order valence-corrected chi connectivity index (χ0v) is 17.3. The average Bonchev–Trinajstić information content (AvgIpc) is 3.46. The van der Waals surface area contributed by atoms with Crippen molar-refractivity contribution in [1.82, 2.24) is 4.90 Å². The number of hydrogen-bond acceptors (Lipinski definition) is 5. The summed E-state index contributed by atoms with van der Waals surface area (Å²) in [5.74, 6) is 0.331. The summed E-state index contributed by atoms with van der Waals surface area (Å²) in [6.45, 7) is 0.748. The predicted molar refractivity (Wildman–Crippen MR) is 114 cm³/mol. The van der Waals surface area contributed by atoms with Gasteiger partial charge in [0.2, 0.25) is 0 Å². The molecule has 0 saturated carbocycles. The van der Waals surface area contributed by atoms with E-state index in [0.717, 1.165) is 11.3 Å². The van der Waals surface area contributed by atoms with Gasteiger partial charge >= 0.3 is 0 Å². The van der Waals surface area contributed by atoms with Gasteiger partial charge in [0.25, 0.3) is 5.91 Å². The highest BCUT2D eigenvalue weighted by Crippen LogP contribution is 2.23. The lowest BCUT2D eigenvalue weighted by atomic mass is 10.0. The van der Waals surface area contributed by atoms with E-state index in [1.165, 1.54) is 17.4 Å². The van der Waals surface area contributed by atoms with Crippen LogP contribution in [-0.2, 0) is 11.4 Å². The van der Waals surface area contributed by atoms with Gasteiger partial charge in [-0.3, -0.25) is 4.79 Å². The number of ether oxygens (including phenoxy) is 1. The summed E-state index contributed by atoms with van der Waals surface area (Å²) in [5, 5.41) is 5.96. The number of amides is 1. The highest BCUT2D eigenvalue weighted by molar-refractivity contribution is 7.12. The second-order valence-corrected chi connectivity index (χ2v) is 7.91. The molecule has 1 aliphatic heterocycles. The van der Waals surface area contributed by atoms with Crippen molar-refractivity contribution in [3.05, 3.63) is 87.9 Å². The Labute approximate surface area is 178 Å². The van der Waals surface area contributed by atoms with Crippen molar-refractivity contribution < 1.29 is 18.8 Å². The van der Waals surface area contributed by atoms with Gasteiger partial charge < -0.3 is 14.5 Å². The number of rotatable bonds is 7. The van der Waals surface area contributed by atoms with E-state index in [9.17, 15) is 9.18 Å². The summed E-state index contributed by atoms with van der Waals surface area (Å²) < 4.78 is 19.4. The minimum atomic E-state index is -0.339. The van der Waals surface area contributed by atoms with Gasteiger partial charge in [-0.15, -0.1) is 11.3 Å². The van der Waals surface area contributed by atoms with E-state index in [-0.39, 0.29) is 17.8 Å². The van der Waals surface area contributed by atoms with Crippen LogP contribution in [0.2, 0.25) is 0 Å². The van der Waals surface area contributed by atoms with Gasteiger partial charge in [-0.2, -0.15) is 0 Å². The van der Waals surface area contributed by atoms with Crippen molar-refractivity contribution in [3.8, 4) is 5.75 Å². The third kappa shape index (κ3) is 4.52. The van der Waals surface area contributed by atoms with Gasteiger partial charge in [-0.05, 0) is 35.2 Å². The number of halogens is 1. The van der Waals surface area contributed by atoms with E-state index in [0.29, 0.717) is 35.7 Å². The topological polar surface area (TPSA) is 51.1 Å². The number of carbonyl (C=O) groups is 1. The molecule has 154 valence electrons. The fourth-order valence-corrected chi connectivity index (χ4v) is 4.08. The molecule has 0 N–H and O–H groups in total. The van der Waals surface area contributed by atoms with Gasteiger partial charge in [0.1, 0.15) is 11.6 Å². The standard InChI is InChI=1S/C23H21FN2O3S/c1-28-17-7-4-6-16(12-17)14-26(23(27)22-10-5-11-30-22)15-18-13-21(25-29-18)19-8-2-3-9-20(19)24/h2-12,18H,13-15H2,1H3. The van der Waals surface area contributed by atoms with E-state index >= 15 is 0 Å². The molecule has 0 radical (unpaired) electrons. The van der Waals surface area contributed by atoms with Crippen LogP contribution in [0.1, 0.15) is 27.2 Å². The first-order chi connectivity index (χ1) is 14.6. The van der Waals surface area contributed by atoms with Gasteiger partial charge in [0.05, 0.1) is 24.2 Å². The molecule has 0 saturated heterocycles. The Balaban J connectivity index is 1.50. The zero-order chi connectivity index (χ0) is 20.9. The van der Waals surface area contributed by atoms with Crippen molar-refractivity contribution in [2.24, 2.45) is 5.16 Å². The molecule has 7 heteroatoms. The lowest BCUT2D eigenvalue weighted by molar-refractivity contribution is 0.0408. The molecule has 1 unspecified atom stereocenters. The minimum absolute atomic E-state index is 0.0734. The molecular weight excluding hydrogens is 403 g/mol. The number of nitrogens with zero attached hydrogens (tertiary/aromatic N) is 2. The van der Waals surface area contributed by atoms with Gasteiger partial charge in [0, 0.05) is 18.5 Å². The number of oxime groups is 1. The van der Waals surface area contributed by atoms with Crippen molar-refractivity contribution >= 4 is 23.0 Å². The Morgan fingerprint density at radius 1 is 1.23 bits per heavy atom. The molecule has 1 aliphatic rings. The fourth-order valence-electron chi connectivity index (χ4n) is 3.39. The lowest BCUT2D eigenvalue weighted by Gasteiger charge is -2.24. The molecule has 2 heterocycles. The Kier molecular flexibility index (Phi) is 6.09. The molecule has 30 heavy (non-hydrogen) atoms. The van der Waals surface area contributed by atoms with E-state index in [2.05, 4.69) is 5.16 Å². The summed E-state index contributed by atoms with van der Waals surface area (Å²) >= 11 is 1.40. The number of hydrogen-bond donors (Lipinski definition) is 0. The van der Waals surface area contributed by atoms with E-state index in [1.54, 1.807) is 30.2 Å². The summed E-state index contributed by atoms with van der Waals surface area (Å²) in [6.07, 6.45) is 0.0990. The van der Waals surface area contributed by atoms with Crippen LogP contribution in [-0.4, -0.2) is 36.3 Å². The van der Waals surface area contributed by atoms with E-state index in [1.807, 2.05) is 41.8 Å². The molecule has 4 rings (SSSR count). The molecule has 0 bridgehead atoms. The molecular formula is C23H21FN2O3S. The van der Waals surface area contributed by atoms with Crippen LogP contribution in [0.25, 0.3) is 0 Å². The van der Waals surface area contributed by atoms with Crippen LogP contribution >= 0.6 is 11.3 Å². The molecule has 1 amide bonds. The Hall–Kier alpha value is -3.19. The summed E-state index contributed by atoms with van der Waals surface area (Å²) in [7, 11) is 1.61. The van der Waals surface area contributed by atoms with Crippen LogP contribution in [0, 0.1) is 5.82 Å². The predicted octanol–water partition coefficient (Wildman–Crippen LogP) is 4.73. The molecule has 0 aliphatic carbocycles. The monoisotopic (exact) mass is 424 g/mol. The average molecular weight is 424 g/mol. The smallest absolute Gasteiger partial charge is 0.264 e. The number of benzene rings is 2. The summed E-state index contributed by atoms with van der Waals surface area (Å²) in [4.78, 5) is 21.1. The van der Waals surface area contributed by atoms with Crippen LogP contribution in [0.4, 0.5) is 4.39 Å². The van der Waals surface area contributed by atoms with Crippen molar-refractivity contribution in [3.63, 3.8) is 0 Å². The quantitative estimate of drug-likeness (QED) is 0.551. The Morgan fingerprint density at radius 2 is 2.10 bits per heavy atom. The number of methoxy groups -OCH3 is 1. The van der Waals surface area contributed by atoms with Crippen molar-refractivity contribution in [2.45, 2.75) is 19.1 Å². The second-order valence-electron chi connectivity index (χ2n) is 6.96. The third-order valence-electron chi connectivity index (χ3n) is 4.87. The Morgan fingerprint density at radius 3 is 2.87 bits per heavy atom. The van der Waals surface area contributed by atoms with Crippen molar-refractivity contribution in [1.29, 1.82) is 0 Å². The minimum Gasteiger partial charge on any atom is -0.497 e. The molecule has 1 atom stereocenters. The molecule has 0 spiro atoms. The molecule has 3 aromatic rings. The van der Waals surface area contributed by atoms with Crippen LogP contribution in [0.3, 0.4) is 0 Å². The zero-order valence-electron chi connectivity index (χ0n) is 16.5. The van der Waals surface area contributed by atoms with Gasteiger partial charge in [0.15, 0.2) is 6.10 Å². The van der Waals surface area contributed by atoms with Crippen LogP contribution in [0.15, 0.2) is 71.2 Å². The number of carbonyl (C=O) groups excluding carboxylic acids is 1. The van der Waals surface area contributed by atoms with Crippen molar-refractivity contribution in [2.75, 3.05) is 13.7 Å². The normalized spacial score (nSPS) is 15.4. The van der Waals surface area contributed by atoms with Gasteiger partial charge in [-0.1, -0.05) is 41.6 Å². The fraction of sp³-hybridized carbons (Fsp3) is 0.217. The van der Waals surface area contributed by atoms with E-state index in [4.69, 9.17) is 9.57 Å². The highest BCUT2D eigenvalue weighted by Gasteiger charge is 2.28. The Bertz CT molecular complexity index is 1050. The molecule has 1 aromatic heterocycles. The first kappa shape index (κ1) is 20.1.